The standard InChI is InChI=1S/C20H16ClN5O/c1-2-14-16(11-7-9-12(21)10-8-11)18(22)26-20(24-14)25-17-13-5-3-4-6-15(13)23-19(17)27/h3-10H,2H2,1H3,(H3,22,23,24,25,26,27). The number of hydrogen-bond acceptors (Lipinski definition) is 5. The Bertz CT molecular complexity index is 1080. The van der Waals surface area contributed by atoms with Gasteiger partial charge in [-0.25, -0.2) is 9.98 Å². The molecule has 1 aliphatic rings. The number of hydrogen-bond donors (Lipinski definition) is 2. The number of amides is 1. The van der Waals surface area contributed by atoms with Gasteiger partial charge in [0, 0.05) is 16.1 Å². The second-order valence-electron chi connectivity index (χ2n) is 6.05. The number of nitrogens with one attached hydrogen (secondary N) is 1. The van der Waals surface area contributed by atoms with Crippen molar-refractivity contribution in [3.8, 4) is 11.1 Å². The predicted molar refractivity (Wildman–Crippen MR) is 108 cm³/mol. The van der Waals surface area contributed by atoms with Gasteiger partial charge in [-0.2, -0.15) is 4.98 Å². The summed E-state index contributed by atoms with van der Waals surface area (Å²) in [7, 11) is 0. The Morgan fingerprint density at radius 1 is 1.11 bits per heavy atom. The maximum absolute atomic E-state index is 12.3. The first-order chi connectivity index (χ1) is 13.1. The summed E-state index contributed by atoms with van der Waals surface area (Å²) in [5.41, 5.74) is 10.4. The number of carbonyl (C=O) groups is 1. The van der Waals surface area contributed by atoms with E-state index in [1.54, 1.807) is 12.1 Å². The van der Waals surface area contributed by atoms with Crippen LogP contribution in [-0.2, 0) is 11.2 Å². The highest BCUT2D eigenvalue weighted by atomic mass is 35.5. The predicted octanol–water partition coefficient (Wildman–Crippen LogP) is 4.01. The van der Waals surface area contributed by atoms with Crippen LogP contribution in [0.4, 0.5) is 17.5 Å². The molecule has 2 heterocycles. The lowest BCUT2D eigenvalue weighted by molar-refractivity contribution is -0.110. The van der Waals surface area contributed by atoms with Crippen LogP contribution in [0.25, 0.3) is 11.1 Å². The molecule has 134 valence electrons. The molecule has 4 rings (SSSR count). The number of aryl methyl sites for hydroxylation is 1. The third-order valence-electron chi connectivity index (χ3n) is 4.33. The summed E-state index contributed by atoms with van der Waals surface area (Å²) in [5, 5.41) is 3.43. The molecule has 0 radical (unpaired) electrons. The van der Waals surface area contributed by atoms with Gasteiger partial charge in [0.05, 0.1) is 11.4 Å². The molecule has 0 atom stereocenters. The topological polar surface area (TPSA) is 93.3 Å². The summed E-state index contributed by atoms with van der Waals surface area (Å²) in [4.78, 5) is 25.5. The van der Waals surface area contributed by atoms with Gasteiger partial charge in [0.15, 0.2) is 0 Å². The van der Waals surface area contributed by atoms with E-state index in [1.807, 2.05) is 43.3 Å². The van der Waals surface area contributed by atoms with E-state index in [-0.39, 0.29) is 17.6 Å². The van der Waals surface area contributed by atoms with Crippen molar-refractivity contribution in [1.82, 2.24) is 9.97 Å². The van der Waals surface area contributed by atoms with Gasteiger partial charge in [0.2, 0.25) is 0 Å². The van der Waals surface area contributed by atoms with E-state index in [0.29, 0.717) is 17.3 Å². The minimum atomic E-state index is -0.279. The summed E-state index contributed by atoms with van der Waals surface area (Å²) in [6, 6.07) is 14.7. The Morgan fingerprint density at radius 3 is 2.59 bits per heavy atom. The SMILES string of the molecule is CCc1nc(N=C2C(=O)Nc3ccccc32)nc(N)c1-c1ccc(Cl)cc1. The lowest BCUT2D eigenvalue weighted by Gasteiger charge is -2.11. The van der Waals surface area contributed by atoms with Crippen LogP contribution in [0.5, 0.6) is 0 Å². The third-order valence-corrected chi connectivity index (χ3v) is 4.58. The maximum atomic E-state index is 12.3. The van der Waals surface area contributed by atoms with E-state index in [2.05, 4.69) is 20.3 Å². The molecule has 3 N–H and O–H groups in total. The van der Waals surface area contributed by atoms with E-state index in [9.17, 15) is 4.79 Å². The zero-order chi connectivity index (χ0) is 19.0. The lowest BCUT2D eigenvalue weighted by Crippen LogP contribution is -2.14. The minimum Gasteiger partial charge on any atom is -0.383 e. The van der Waals surface area contributed by atoms with Gasteiger partial charge in [0.1, 0.15) is 11.5 Å². The highest BCUT2D eigenvalue weighted by Crippen LogP contribution is 2.31. The van der Waals surface area contributed by atoms with E-state index >= 15 is 0 Å². The Kier molecular flexibility index (Phi) is 4.33. The number of aliphatic imine (C=N–C) groups is 1. The van der Waals surface area contributed by atoms with Crippen molar-refractivity contribution >= 4 is 40.7 Å². The molecule has 0 spiro atoms. The van der Waals surface area contributed by atoms with Crippen LogP contribution in [0.2, 0.25) is 5.02 Å². The largest absolute Gasteiger partial charge is 0.383 e. The Hall–Kier alpha value is -3.25. The molecule has 6 nitrogen and oxygen atoms in total. The zero-order valence-corrected chi connectivity index (χ0v) is 15.3. The van der Waals surface area contributed by atoms with Gasteiger partial charge in [0.25, 0.3) is 11.9 Å². The number of carbonyl (C=O) groups excluding carboxylic acids is 1. The van der Waals surface area contributed by atoms with E-state index in [1.165, 1.54) is 0 Å². The highest BCUT2D eigenvalue weighted by molar-refractivity contribution is 6.54. The fourth-order valence-corrected chi connectivity index (χ4v) is 3.19. The molecule has 0 unspecified atom stereocenters. The molecule has 0 fully saturated rings. The number of anilines is 2. The van der Waals surface area contributed by atoms with E-state index in [0.717, 1.165) is 28.1 Å². The van der Waals surface area contributed by atoms with Gasteiger partial charge in [-0.1, -0.05) is 48.9 Å². The summed E-state index contributed by atoms with van der Waals surface area (Å²) in [6.07, 6.45) is 0.644. The molecule has 2 aromatic carbocycles. The summed E-state index contributed by atoms with van der Waals surface area (Å²) in [6.45, 7) is 1.98. The molecular weight excluding hydrogens is 362 g/mol. The average Bonchev–Trinajstić information content (AvgIpc) is 2.98. The number of fused-ring (bicyclic) bond motifs is 1. The number of nitrogens with two attached hydrogens (primary N) is 1. The number of benzene rings is 2. The molecule has 7 heteroatoms. The van der Waals surface area contributed by atoms with Gasteiger partial charge < -0.3 is 11.1 Å². The first-order valence-electron chi connectivity index (χ1n) is 8.48. The molecule has 1 aromatic heterocycles. The summed E-state index contributed by atoms with van der Waals surface area (Å²) in [5.74, 6) is 0.206. The fourth-order valence-electron chi connectivity index (χ4n) is 3.06. The number of nitrogens with zero attached hydrogens (tertiary/aromatic N) is 3. The van der Waals surface area contributed by atoms with Crippen LogP contribution in [0, 0.1) is 0 Å². The lowest BCUT2D eigenvalue weighted by atomic mass is 10.0. The minimum absolute atomic E-state index is 0.170. The van der Waals surface area contributed by atoms with Crippen molar-refractivity contribution in [3.63, 3.8) is 0 Å². The van der Waals surface area contributed by atoms with Crippen molar-refractivity contribution in [3.05, 3.63) is 64.8 Å². The van der Waals surface area contributed by atoms with Gasteiger partial charge in [-0.05, 0) is 30.2 Å². The van der Waals surface area contributed by atoms with Crippen molar-refractivity contribution in [2.45, 2.75) is 13.3 Å². The Labute approximate surface area is 161 Å². The average molecular weight is 378 g/mol. The Morgan fingerprint density at radius 2 is 1.85 bits per heavy atom. The monoisotopic (exact) mass is 377 g/mol. The molecule has 1 aliphatic heterocycles. The molecule has 0 saturated heterocycles. The third kappa shape index (κ3) is 3.15. The molecule has 0 aliphatic carbocycles. The molecule has 0 saturated carbocycles. The summed E-state index contributed by atoms with van der Waals surface area (Å²) < 4.78 is 0. The zero-order valence-electron chi connectivity index (χ0n) is 14.5. The van der Waals surface area contributed by atoms with Crippen LogP contribution in [0.15, 0.2) is 53.5 Å². The molecule has 0 bridgehead atoms. The molecule has 3 aromatic rings. The van der Waals surface area contributed by atoms with Crippen molar-refractivity contribution < 1.29 is 4.79 Å². The maximum Gasteiger partial charge on any atom is 0.275 e. The van der Waals surface area contributed by atoms with Gasteiger partial charge >= 0.3 is 0 Å². The van der Waals surface area contributed by atoms with Crippen LogP contribution >= 0.6 is 11.6 Å². The van der Waals surface area contributed by atoms with E-state index < -0.39 is 0 Å². The van der Waals surface area contributed by atoms with Crippen molar-refractivity contribution in [2.24, 2.45) is 4.99 Å². The van der Waals surface area contributed by atoms with Gasteiger partial charge in [-0.15, -0.1) is 0 Å². The Balaban J connectivity index is 1.81. The van der Waals surface area contributed by atoms with Crippen LogP contribution in [0.1, 0.15) is 18.2 Å². The van der Waals surface area contributed by atoms with Crippen LogP contribution in [0.3, 0.4) is 0 Å². The first-order valence-corrected chi connectivity index (χ1v) is 8.86. The second kappa shape index (κ2) is 6.81. The normalized spacial score (nSPS) is 14.3. The summed E-state index contributed by atoms with van der Waals surface area (Å²) >= 11 is 5.97. The van der Waals surface area contributed by atoms with Crippen molar-refractivity contribution in [1.29, 1.82) is 0 Å². The smallest absolute Gasteiger partial charge is 0.275 e. The van der Waals surface area contributed by atoms with Crippen molar-refractivity contribution in [2.75, 3.05) is 11.1 Å². The highest BCUT2D eigenvalue weighted by Gasteiger charge is 2.26. The number of nitrogen functional groups attached to an aromatic ring is 1. The number of rotatable bonds is 3. The number of halogens is 1. The number of para-hydroxylation sites is 1. The van der Waals surface area contributed by atoms with Gasteiger partial charge in [-0.3, -0.25) is 4.79 Å². The van der Waals surface area contributed by atoms with Crippen LogP contribution in [-0.4, -0.2) is 21.6 Å². The second-order valence-corrected chi connectivity index (χ2v) is 6.49. The first kappa shape index (κ1) is 17.2. The number of aromatic nitrogens is 2. The van der Waals surface area contributed by atoms with E-state index in [4.69, 9.17) is 17.3 Å². The molecular formula is C20H16ClN5O. The molecule has 1 amide bonds. The molecule has 27 heavy (non-hydrogen) atoms. The quantitative estimate of drug-likeness (QED) is 0.721. The fraction of sp³-hybridized carbons (Fsp3) is 0.100. The van der Waals surface area contributed by atoms with Crippen LogP contribution < -0.4 is 11.1 Å².